The molecular weight excluding hydrogens is 240 g/mol. The number of methoxy groups -OCH3 is 1. The molecule has 0 saturated carbocycles. The van der Waals surface area contributed by atoms with Crippen LogP contribution in [0.25, 0.3) is 6.08 Å². The Morgan fingerprint density at radius 1 is 1.26 bits per heavy atom. The number of ether oxygens (including phenoxy) is 2. The van der Waals surface area contributed by atoms with Gasteiger partial charge in [0.05, 0.1) is 13.7 Å². The molecule has 0 bridgehead atoms. The molecule has 0 fully saturated rings. The molecule has 0 aliphatic carbocycles. The molecular formula is C16H22O3. The average molecular weight is 262 g/mol. The van der Waals surface area contributed by atoms with Crippen LogP contribution in [0.1, 0.15) is 32.3 Å². The summed E-state index contributed by atoms with van der Waals surface area (Å²) in [6.45, 7) is 4.81. The van der Waals surface area contributed by atoms with Crippen molar-refractivity contribution in [3.63, 3.8) is 0 Å². The second kappa shape index (κ2) is 8.35. The molecule has 0 unspecified atom stereocenters. The molecule has 0 heterocycles. The van der Waals surface area contributed by atoms with Gasteiger partial charge in [0.15, 0.2) is 0 Å². The van der Waals surface area contributed by atoms with Gasteiger partial charge in [-0.1, -0.05) is 26.0 Å². The zero-order chi connectivity index (χ0) is 14.1. The number of rotatable bonds is 7. The zero-order valence-corrected chi connectivity index (χ0v) is 11.9. The van der Waals surface area contributed by atoms with E-state index in [0.29, 0.717) is 12.5 Å². The average Bonchev–Trinajstić information content (AvgIpc) is 2.41. The lowest BCUT2D eigenvalue weighted by molar-refractivity contribution is -0.137. The molecule has 0 aromatic heterocycles. The highest BCUT2D eigenvalue weighted by atomic mass is 16.5. The van der Waals surface area contributed by atoms with Crippen molar-refractivity contribution in [1.82, 2.24) is 0 Å². The van der Waals surface area contributed by atoms with Gasteiger partial charge in [0, 0.05) is 6.08 Å². The summed E-state index contributed by atoms with van der Waals surface area (Å²) in [6, 6.07) is 7.49. The van der Waals surface area contributed by atoms with Crippen molar-refractivity contribution in [3.8, 4) is 5.75 Å². The normalized spacial score (nSPS) is 10.9. The van der Waals surface area contributed by atoms with Crippen molar-refractivity contribution < 1.29 is 14.3 Å². The van der Waals surface area contributed by atoms with Gasteiger partial charge >= 0.3 is 5.97 Å². The van der Waals surface area contributed by atoms with Crippen molar-refractivity contribution in [2.45, 2.75) is 26.7 Å². The van der Waals surface area contributed by atoms with E-state index >= 15 is 0 Å². The fourth-order valence-electron chi connectivity index (χ4n) is 1.59. The third kappa shape index (κ3) is 6.65. The minimum Gasteiger partial charge on any atom is -0.497 e. The van der Waals surface area contributed by atoms with E-state index in [2.05, 4.69) is 13.8 Å². The maximum atomic E-state index is 11.5. The third-order valence-corrected chi connectivity index (χ3v) is 2.70. The second-order valence-corrected chi connectivity index (χ2v) is 4.81. The van der Waals surface area contributed by atoms with Crippen molar-refractivity contribution in [2.24, 2.45) is 5.92 Å². The Morgan fingerprint density at radius 2 is 1.95 bits per heavy atom. The summed E-state index contributed by atoms with van der Waals surface area (Å²) in [6.07, 6.45) is 5.19. The Kier molecular flexibility index (Phi) is 6.72. The SMILES string of the molecule is COc1ccc(C=CC(=O)OCCCC(C)C)cc1. The maximum Gasteiger partial charge on any atom is 0.330 e. The lowest BCUT2D eigenvalue weighted by Crippen LogP contribution is -2.03. The Bertz CT molecular complexity index is 405. The summed E-state index contributed by atoms with van der Waals surface area (Å²) >= 11 is 0. The number of esters is 1. The molecule has 0 atom stereocenters. The minimum absolute atomic E-state index is 0.292. The Labute approximate surface area is 115 Å². The molecule has 0 radical (unpaired) electrons. The van der Waals surface area contributed by atoms with Gasteiger partial charge in [-0.2, -0.15) is 0 Å². The first-order valence-corrected chi connectivity index (χ1v) is 6.60. The molecule has 0 amide bonds. The highest BCUT2D eigenvalue weighted by molar-refractivity contribution is 5.87. The zero-order valence-electron chi connectivity index (χ0n) is 11.9. The first kappa shape index (κ1) is 15.3. The van der Waals surface area contributed by atoms with Gasteiger partial charge in [0.1, 0.15) is 5.75 Å². The Hall–Kier alpha value is -1.77. The highest BCUT2D eigenvalue weighted by Crippen LogP contribution is 2.12. The summed E-state index contributed by atoms with van der Waals surface area (Å²) in [5.41, 5.74) is 0.944. The fourth-order valence-corrected chi connectivity index (χ4v) is 1.59. The topological polar surface area (TPSA) is 35.5 Å². The van der Waals surface area contributed by atoms with Crippen LogP contribution in [0.4, 0.5) is 0 Å². The van der Waals surface area contributed by atoms with Crippen LogP contribution in [0.3, 0.4) is 0 Å². The standard InChI is InChI=1S/C16H22O3/c1-13(2)5-4-12-19-16(17)11-8-14-6-9-15(18-3)10-7-14/h6-11,13H,4-5,12H2,1-3H3. The smallest absolute Gasteiger partial charge is 0.330 e. The van der Waals surface area contributed by atoms with E-state index < -0.39 is 0 Å². The van der Waals surface area contributed by atoms with Crippen molar-refractivity contribution in [2.75, 3.05) is 13.7 Å². The lowest BCUT2D eigenvalue weighted by atomic mass is 10.1. The quantitative estimate of drug-likeness (QED) is 0.427. The van der Waals surface area contributed by atoms with E-state index in [9.17, 15) is 4.79 Å². The van der Waals surface area contributed by atoms with Crippen LogP contribution >= 0.6 is 0 Å². The molecule has 0 aliphatic rings. The Morgan fingerprint density at radius 3 is 2.53 bits per heavy atom. The van der Waals surface area contributed by atoms with Gasteiger partial charge in [-0.3, -0.25) is 0 Å². The van der Waals surface area contributed by atoms with Crippen molar-refractivity contribution in [1.29, 1.82) is 0 Å². The van der Waals surface area contributed by atoms with Crippen molar-refractivity contribution in [3.05, 3.63) is 35.9 Å². The van der Waals surface area contributed by atoms with Gasteiger partial charge in [0.25, 0.3) is 0 Å². The summed E-state index contributed by atoms with van der Waals surface area (Å²) < 4.78 is 10.2. The molecule has 1 rings (SSSR count). The van der Waals surface area contributed by atoms with Crippen LogP contribution in [0.5, 0.6) is 5.75 Å². The van der Waals surface area contributed by atoms with Crippen LogP contribution in [0, 0.1) is 5.92 Å². The van der Waals surface area contributed by atoms with Crippen LogP contribution < -0.4 is 4.74 Å². The number of benzene rings is 1. The maximum absolute atomic E-state index is 11.5. The van der Waals surface area contributed by atoms with Gasteiger partial charge in [0.2, 0.25) is 0 Å². The number of hydrogen-bond acceptors (Lipinski definition) is 3. The van der Waals surface area contributed by atoms with E-state index in [4.69, 9.17) is 9.47 Å². The van der Waals surface area contributed by atoms with Crippen LogP contribution in [0.15, 0.2) is 30.3 Å². The van der Waals surface area contributed by atoms with E-state index in [0.717, 1.165) is 24.2 Å². The fraction of sp³-hybridized carbons (Fsp3) is 0.438. The van der Waals surface area contributed by atoms with Crippen LogP contribution in [-0.2, 0) is 9.53 Å². The molecule has 0 aliphatic heterocycles. The molecule has 3 heteroatoms. The van der Waals surface area contributed by atoms with E-state index in [-0.39, 0.29) is 5.97 Å². The molecule has 3 nitrogen and oxygen atoms in total. The largest absolute Gasteiger partial charge is 0.497 e. The summed E-state index contributed by atoms with van der Waals surface area (Å²) in [4.78, 5) is 11.5. The van der Waals surface area contributed by atoms with Gasteiger partial charge < -0.3 is 9.47 Å². The van der Waals surface area contributed by atoms with Crippen LogP contribution in [0.2, 0.25) is 0 Å². The second-order valence-electron chi connectivity index (χ2n) is 4.81. The molecule has 0 spiro atoms. The first-order valence-electron chi connectivity index (χ1n) is 6.60. The summed E-state index contributed by atoms with van der Waals surface area (Å²) in [5.74, 6) is 1.15. The lowest BCUT2D eigenvalue weighted by Gasteiger charge is -2.04. The van der Waals surface area contributed by atoms with E-state index in [1.807, 2.05) is 24.3 Å². The molecule has 1 aromatic rings. The third-order valence-electron chi connectivity index (χ3n) is 2.70. The number of carbonyl (C=O) groups excluding carboxylic acids is 1. The molecule has 1 aromatic carbocycles. The number of carbonyl (C=O) groups is 1. The molecule has 104 valence electrons. The van der Waals surface area contributed by atoms with Gasteiger partial charge in [-0.25, -0.2) is 4.79 Å². The molecule has 0 N–H and O–H groups in total. The van der Waals surface area contributed by atoms with E-state index in [1.165, 1.54) is 6.08 Å². The van der Waals surface area contributed by atoms with E-state index in [1.54, 1.807) is 13.2 Å². The predicted molar refractivity (Wildman–Crippen MR) is 77.1 cm³/mol. The Balaban J connectivity index is 2.32. The van der Waals surface area contributed by atoms with Gasteiger partial charge in [-0.15, -0.1) is 0 Å². The first-order chi connectivity index (χ1) is 9.11. The molecule has 0 saturated heterocycles. The predicted octanol–water partition coefficient (Wildman–Crippen LogP) is 3.69. The van der Waals surface area contributed by atoms with Gasteiger partial charge in [-0.05, 0) is 42.5 Å². The monoisotopic (exact) mass is 262 g/mol. The summed E-state index contributed by atoms with van der Waals surface area (Å²) in [7, 11) is 1.62. The van der Waals surface area contributed by atoms with Crippen LogP contribution in [-0.4, -0.2) is 19.7 Å². The van der Waals surface area contributed by atoms with Crippen molar-refractivity contribution >= 4 is 12.0 Å². The minimum atomic E-state index is -0.292. The highest BCUT2D eigenvalue weighted by Gasteiger charge is 1.99. The summed E-state index contributed by atoms with van der Waals surface area (Å²) in [5, 5.41) is 0. The molecule has 19 heavy (non-hydrogen) atoms. The number of hydrogen-bond donors (Lipinski definition) is 0.